The van der Waals surface area contributed by atoms with Gasteiger partial charge < -0.3 is 14.6 Å². The van der Waals surface area contributed by atoms with Gasteiger partial charge in [0.2, 0.25) is 0 Å². The summed E-state index contributed by atoms with van der Waals surface area (Å²) in [4.78, 5) is 2.60. The highest BCUT2D eigenvalue weighted by Crippen LogP contribution is 2.47. The lowest BCUT2D eigenvalue weighted by Gasteiger charge is -2.47. The summed E-state index contributed by atoms with van der Waals surface area (Å²) in [6.07, 6.45) is 2.02. The normalized spacial score (nSPS) is 19.7. The van der Waals surface area contributed by atoms with Crippen LogP contribution < -0.4 is 9.47 Å². The molecule has 0 unspecified atom stereocenters. The third-order valence-corrected chi connectivity index (χ3v) is 8.87. The maximum Gasteiger partial charge on any atom is 0.162 e. The Kier molecular flexibility index (Phi) is 7.96. The largest absolute Gasteiger partial charge is 0.485 e. The molecule has 0 amide bonds. The molecule has 4 heteroatoms. The van der Waals surface area contributed by atoms with Crippen LogP contribution in [0.1, 0.15) is 52.7 Å². The zero-order valence-corrected chi connectivity index (χ0v) is 24.3. The van der Waals surface area contributed by atoms with E-state index in [9.17, 15) is 5.11 Å². The SMILES string of the molecule is O[C@H]1C[C@@H](c2ccc(-c3ccccc3)cc2)N2CCc3cc(OCc4ccccc4)c(OCc4ccccc4)cc3[C@@H]2C1. The molecule has 7 rings (SSSR count). The lowest BCUT2D eigenvalue weighted by atomic mass is 9.81. The summed E-state index contributed by atoms with van der Waals surface area (Å²) in [7, 11) is 0. The van der Waals surface area contributed by atoms with Crippen LogP contribution in [0.25, 0.3) is 11.1 Å². The molecule has 0 spiro atoms. The highest BCUT2D eigenvalue weighted by molar-refractivity contribution is 5.63. The molecule has 0 aromatic heterocycles. The van der Waals surface area contributed by atoms with Gasteiger partial charge in [0, 0.05) is 18.6 Å². The number of benzene rings is 5. The van der Waals surface area contributed by atoms with Crippen molar-refractivity contribution in [2.75, 3.05) is 6.54 Å². The topological polar surface area (TPSA) is 41.9 Å². The van der Waals surface area contributed by atoms with Crippen molar-refractivity contribution in [2.45, 2.75) is 50.7 Å². The van der Waals surface area contributed by atoms with Gasteiger partial charge >= 0.3 is 0 Å². The first-order valence-corrected chi connectivity index (χ1v) is 15.3. The molecule has 0 bridgehead atoms. The monoisotopic (exact) mass is 567 g/mol. The van der Waals surface area contributed by atoms with Gasteiger partial charge in [0.25, 0.3) is 0 Å². The van der Waals surface area contributed by atoms with Gasteiger partial charge in [0.1, 0.15) is 13.2 Å². The first-order chi connectivity index (χ1) is 21.2. The van der Waals surface area contributed by atoms with Crippen molar-refractivity contribution in [3.05, 3.63) is 155 Å². The predicted molar refractivity (Wildman–Crippen MR) is 171 cm³/mol. The second-order valence-electron chi connectivity index (χ2n) is 11.7. The summed E-state index contributed by atoms with van der Waals surface area (Å²) >= 11 is 0. The summed E-state index contributed by atoms with van der Waals surface area (Å²) in [5, 5.41) is 11.1. The summed E-state index contributed by atoms with van der Waals surface area (Å²) in [6, 6.07) is 44.5. The van der Waals surface area contributed by atoms with E-state index < -0.39 is 0 Å². The number of aliphatic hydroxyl groups excluding tert-OH is 1. The molecule has 5 aromatic rings. The molecule has 0 aliphatic carbocycles. The van der Waals surface area contributed by atoms with E-state index in [2.05, 4.69) is 89.8 Å². The van der Waals surface area contributed by atoms with E-state index in [1.54, 1.807) is 0 Å². The molecule has 3 atom stereocenters. The molecule has 0 radical (unpaired) electrons. The zero-order valence-electron chi connectivity index (χ0n) is 24.3. The number of ether oxygens (including phenoxy) is 2. The first kappa shape index (κ1) is 27.5. The van der Waals surface area contributed by atoms with Crippen LogP contribution >= 0.6 is 0 Å². The van der Waals surface area contributed by atoms with Gasteiger partial charge in [0.05, 0.1) is 6.10 Å². The molecule has 5 aromatic carbocycles. The van der Waals surface area contributed by atoms with Crippen LogP contribution in [0.2, 0.25) is 0 Å². The molecule has 1 N–H and O–H groups in total. The fourth-order valence-electron chi connectivity index (χ4n) is 6.66. The Bertz CT molecular complexity index is 1640. The van der Waals surface area contributed by atoms with Gasteiger partial charge in [-0.25, -0.2) is 0 Å². The quantitative estimate of drug-likeness (QED) is 0.205. The first-order valence-electron chi connectivity index (χ1n) is 15.3. The van der Waals surface area contributed by atoms with E-state index >= 15 is 0 Å². The molecular formula is C39H37NO3. The number of aliphatic hydroxyl groups is 1. The zero-order chi connectivity index (χ0) is 29.0. The highest BCUT2D eigenvalue weighted by atomic mass is 16.5. The Labute approximate surface area is 254 Å². The van der Waals surface area contributed by atoms with Crippen LogP contribution in [0, 0.1) is 0 Å². The van der Waals surface area contributed by atoms with Crippen molar-refractivity contribution in [2.24, 2.45) is 0 Å². The lowest BCUT2D eigenvalue weighted by Crippen LogP contribution is -2.45. The van der Waals surface area contributed by atoms with Crippen LogP contribution in [-0.4, -0.2) is 22.7 Å². The van der Waals surface area contributed by atoms with Crippen molar-refractivity contribution in [3.63, 3.8) is 0 Å². The smallest absolute Gasteiger partial charge is 0.162 e. The number of fused-ring (bicyclic) bond motifs is 3. The van der Waals surface area contributed by atoms with Gasteiger partial charge in [-0.3, -0.25) is 4.90 Å². The molecule has 2 heterocycles. The third-order valence-electron chi connectivity index (χ3n) is 8.87. The van der Waals surface area contributed by atoms with Crippen LogP contribution in [0.15, 0.2) is 127 Å². The fourth-order valence-corrected chi connectivity index (χ4v) is 6.66. The Morgan fingerprint density at radius 2 is 1.14 bits per heavy atom. The van der Waals surface area contributed by atoms with Crippen molar-refractivity contribution in [3.8, 4) is 22.6 Å². The molecule has 216 valence electrons. The molecule has 2 aliphatic rings. The predicted octanol–water partition coefficient (Wildman–Crippen LogP) is 8.31. The fraction of sp³-hybridized carbons (Fsp3) is 0.231. The average Bonchev–Trinajstić information content (AvgIpc) is 3.07. The van der Waals surface area contributed by atoms with Crippen molar-refractivity contribution >= 4 is 0 Å². The highest BCUT2D eigenvalue weighted by Gasteiger charge is 2.40. The Hall–Kier alpha value is -4.38. The number of piperidine rings is 1. The van der Waals surface area contributed by atoms with Crippen LogP contribution in [-0.2, 0) is 19.6 Å². The minimum atomic E-state index is -0.367. The van der Waals surface area contributed by atoms with E-state index in [0.717, 1.165) is 42.0 Å². The summed E-state index contributed by atoms with van der Waals surface area (Å²) in [5.74, 6) is 1.53. The Balaban J connectivity index is 1.18. The van der Waals surface area contributed by atoms with Gasteiger partial charge in [-0.1, -0.05) is 115 Å². The molecular weight excluding hydrogens is 530 g/mol. The minimum Gasteiger partial charge on any atom is -0.485 e. The number of hydrogen-bond donors (Lipinski definition) is 1. The second-order valence-corrected chi connectivity index (χ2v) is 11.7. The number of hydrogen-bond acceptors (Lipinski definition) is 4. The molecule has 2 aliphatic heterocycles. The van der Waals surface area contributed by atoms with Gasteiger partial charge in [-0.2, -0.15) is 0 Å². The third kappa shape index (κ3) is 6.08. The van der Waals surface area contributed by atoms with Crippen LogP contribution in [0.5, 0.6) is 11.5 Å². The Morgan fingerprint density at radius 1 is 0.605 bits per heavy atom. The standard InChI is InChI=1S/C39H37NO3/c41-34-23-36(32-18-16-31(17-19-32)30-14-8-3-9-15-30)40-21-20-33-22-38(42-26-28-10-4-1-5-11-28)39(25-35(33)37(40)24-34)43-27-29-12-6-2-7-13-29/h1-19,22,25,34,36-37,41H,20-21,23-24,26-27H2/t34-,36-,37-/m0/s1. The molecule has 4 nitrogen and oxygen atoms in total. The van der Waals surface area contributed by atoms with Gasteiger partial charge in [-0.05, 0) is 70.3 Å². The van der Waals surface area contributed by atoms with E-state index in [4.69, 9.17) is 9.47 Å². The molecule has 43 heavy (non-hydrogen) atoms. The molecule has 1 fully saturated rings. The van der Waals surface area contributed by atoms with E-state index in [1.165, 1.54) is 27.8 Å². The van der Waals surface area contributed by atoms with E-state index in [1.807, 2.05) is 42.5 Å². The Morgan fingerprint density at radius 3 is 1.77 bits per heavy atom. The van der Waals surface area contributed by atoms with E-state index in [-0.39, 0.29) is 18.2 Å². The van der Waals surface area contributed by atoms with Crippen molar-refractivity contribution in [1.29, 1.82) is 0 Å². The van der Waals surface area contributed by atoms with E-state index in [0.29, 0.717) is 19.6 Å². The lowest BCUT2D eigenvalue weighted by molar-refractivity contribution is -0.00689. The van der Waals surface area contributed by atoms with Gasteiger partial charge in [0.15, 0.2) is 11.5 Å². The van der Waals surface area contributed by atoms with Crippen molar-refractivity contribution in [1.82, 2.24) is 4.90 Å². The number of rotatable bonds is 8. The summed E-state index contributed by atoms with van der Waals surface area (Å²) in [5.41, 5.74) is 8.45. The maximum atomic E-state index is 11.1. The van der Waals surface area contributed by atoms with Crippen LogP contribution in [0.4, 0.5) is 0 Å². The minimum absolute atomic E-state index is 0.119. The molecule has 1 saturated heterocycles. The number of nitrogens with zero attached hydrogens (tertiary/aromatic N) is 1. The summed E-state index contributed by atoms with van der Waals surface area (Å²) in [6.45, 7) is 1.89. The average molecular weight is 568 g/mol. The summed E-state index contributed by atoms with van der Waals surface area (Å²) < 4.78 is 12.8. The van der Waals surface area contributed by atoms with Crippen molar-refractivity contribution < 1.29 is 14.6 Å². The van der Waals surface area contributed by atoms with Crippen LogP contribution in [0.3, 0.4) is 0 Å². The van der Waals surface area contributed by atoms with Gasteiger partial charge in [-0.15, -0.1) is 0 Å². The second kappa shape index (κ2) is 12.5. The maximum absolute atomic E-state index is 11.1. The molecule has 0 saturated carbocycles.